The summed E-state index contributed by atoms with van der Waals surface area (Å²) in [4.78, 5) is 11.9. The molecule has 0 saturated carbocycles. The second-order valence-corrected chi connectivity index (χ2v) is 2.94. The Hall–Kier alpha value is -1.03. The highest BCUT2D eigenvalue weighted by atomic mass is 16.4. The van der Waals surface area contributed by atoms with Gasteiger partial charge in [-0.3, -0.25) is 4.90 Å². The summed E-state index contributed by atoms with van der Waals surface area (Å²) < 4.78 is 0. The summed E-state index contributed by atoms with van der Waals surface area (Å²) in [5.74, 6) is 0. The van der Waals surface area contributed by atoms with Crippen LogP contribution >= 0.6 is 0 Å². The Labute approximate surface area is 63.7 Å². The molecule has 0 radical (unpaired) electrons. The maximum atomic E-state index is 10.6. The predicted octanol–water partition coefficient (Wildman–Crippen LogP) is 0.0380. The Morgan fingerprint density at radius 1 is 1.55 bits per heavy atom. The van der Waals surface area contributed by atoms with E-state index >= 15 is 0 Å². The molecular formula is C7H9NO3. The number of rotatable bonds is 0. The molecule has 2 heterocycles. The fourth-order valence-corrected chi connectivity index (χ4v) is 1.81. The van der Waals surface area contributed by atoms with E-state index in [4.69, 9.17) is 5.11 Å². The molecule has 11 heavy (non-hydrogen) atoms. The van der Waals surface area contributed by atoms with Gasteiger partial charge in [0.2, 0.25) is 0 Å². The molecule has 60 valence electrons. The smallest absolute Gasteiger partial charge is 0.408 e. The van der Waals surface area contributed by atoms with Crippen molar-refractivity contribution in [3.8, 4) is 0 Å². The Kier molecular flexibility index (Phi) is 1.20. The highest BCUT2D eigenvalue weighted by molar-refractivity contribution is 5.68. The first-order chi connectivity index (χ1) is 5.20. The standard InChI is InChI=1S/C7H9NO3/c9-6-3-4-1-2-5(6)8(4)7(10)11/h1-2,4-6,9H,3H2,(H,10,11)/t4-,5+,6+/m1/s1. The van der Waals surface area contributed by atoms with Crippen molar-refractivity contribution in [2.45, 2.75) is 24.6 Å². The summed E-state index contributed by atoms with van der Waals surface area (Å²) in [6, 6.07) is -0.384. The molecule has 2 aliphatic rings. The third kappa shape index (κ3) is 0.758. The zero-order valence-electron chi connectivity index (χ0n) is 5.84. The molecule has 0 unspecified atom stereocenters. The van der Waals surface area contributed by atoms with Crippen molar-refractivity contribution in [1.29, 1.82) is 0 Å². The SMILES string of the molecule is O=C(O)N1[C@@H]2C=C[C@H]1[C@@H](O)C2. The lowest BCUT2D eigenvalue weighted by atomic mass is 10.1. The molecule has 1 amide bonds. The maximum absolute atomic E-state index is 10.6. The van der Waals surface area contributed by atoms with Crippen LogP contribution in [0.3, 0.4) is 0 Å². The van der Waals surface area contributed by atoms with Gasteiger partial charge in [-0.1, -0.05) is 12.2 Å². The van der Waals surface area contributed by atoms with Gasteiger partial charge < -0.3 is 10.2 Å². The maximum Gasteiger partial charge on any atom is 0.408 e. The summed E-state index contributed by atoms with van der Waals surface area (Å²) >= 11 is 0. The van der Waals surface area contributed by atoms with Gasteiger partial charge in [-0.15, -0.1) is 0 Å². The predicted molar refractivity (Wildman–Crippen MR) is 37.2 cm³/mol. The summed E-state index contributed by atoms with van der Waals surface area (Å²) in [5, 5.41) is 18.0. The highest BCUT2D eigenvalue weighted by Gasteiger charge is 2.44. The first kappa shape index (κ1) is 6.67. The molecule has 2 N–H and O–H groups in total. The monoisotopic (exact) mass is 155 g/mol. The number of hydrogen-bond donors (Lipinski definition) is 2. The summed E-state index contributed by atoms with van der Waals surface area (Å²) in [5.41, 5.74) is 0. The van der Waals surface area contributed by atoms with E-state index in [1.165, 1.54) is 4.90 Å². The van der Waals surface area contributed by atoms with Crippen LogP contribution in [-0.4, -0.2) is 39.4 Å². The molecule has 4 nitrogen and oxygen atoms in total. The van der Waals surface area contributed by atoms with Gasteiger partial charge in [0, 0.05) is 0 Å². The van der Waals surface area contributed by atoms with E-state index in [0.717, 1.165) is 0 Å². The van der Waals surface area contributed by atoms with Crippen LogP contribution < -0.4 is 0 Å². The number of carboxylic acid groups (broad SMARTS) is 1. The molecule has 3 atom stereocenters. The minimum absolute atomic E-state index is 0.0903. The molecule has 2 aliphatic heterocycles. The van der Waals surface area contributed by atoms with Gasteiger partial charge in [0.1, 0.15) is 0 Å². The highest BCUT2D eigenvalue weighted by Crippen LogP contribution is 2.31. The molecule has 0 spiro atoms. The van der Waals surface area contributed by atoms with Crippen LogP contribution in [0.2, 0.25) is 0 Å². The van der Waals surface area contributed by atoms with Gasteiger partial charge in [0.25, 0.3) is 0 Å². The van der Waals surface area contributed by atoms with Gasteiger partial charge in [-0.05, 0) is 6.42 Å². The molecule has 0 aliphatic carbocycles. The van der Waals surface area contributed by atoms with Crippen LogP contribution in [0.4, 0.5) is 4.79 Å². The average molecular weight is 155 g/mol. The molecular weight excluding hydrogens is 146 g/mol. The molecule has 0 aromatic heterocycles. The number of carbonyl (C=O) groups is 1. The van der Waals surface area contributed by atoms with Crippen molar-refractivity contribution in [3.63, 3.8) is 0 Å². The second-order valence-electron chi connectivity index (χ2n) is 2.94. The van der Waals surface area contributed by atoms with E-state index in [2.05, 4.69) is 0 Å². The summed E-state index contributed by atoms with van der Waals surface area (Å²) in [7, 11) is 0. The third-order valence-electron chi connectivity index (χ3n) is 2.31. The lowest BCUT2D eigenvalue weighted by Crippen LogP contribution is -2.36. The van der Waals surface area contributed by atoms with Crippen molar-refractivity contribution in [2.24, 2.45) is 0 Å². The fourth-order valence-electron chi connectivity index (χ4n) is 1.81. The third-order valence-corrected chi connectivity index (χ3v) is 2.31. The van der Waals surface area contributed by atoms with Crippen LogP contribution in [0, 0.1) is 0 Å². The molecule has 4 heteroatoms. The molecule has 1 fully saturated rings. The van der Waals surface area contributed by atoms with Crippen molar-refractivity contribution >= 4 is 6.09 Å². The largest absolute Gasteiger partial charge is 0.465 e. The van der Waals surface area contributed by atoms with Crippen molar-refractivity contribution < 1.29 is 15.0 Å². The van der Waals surface area contributed by atoms with Crippen molar-refractivity contribution in [2.75, 3.05) is 0 Å². The van der Waals surface area contributed by atoms with Crippen LogP contribution in [0.15, 0.2) is 12.2 Å². The summed E-state index contributed by atoms with van der Waals surface area (Å²) in [6.07, 6.45) is 2.70. The molecule has 0 aromatic rings. The molecule has 2 rings (SSSR count). The van der Waals surface area contributed by atoms with E-state index in [1.54, 1.807) is 6.08 Å². The van der Waals surface area contributed by atoms with Crippen molar-refractivity contribution in [3.05, 3.63) is 12.2 Å². The van der Waals surface area contributed by atoms with E-state index in [1.807, 2.05) is 6.08 Å². The normalized spacial score (nSPS) is 40.1. The van der Waals surface area contributed by atoms with Crippen LogP contribution in [-0.2, 0) is 0 Å². The lowest BCUT2D eigenvalue weighted by molar-refractivity contribution is 0.118. The van der Waals surface area contributed by atoms with Gasteiger partial charge in [-0.2, -0.15) is 0 Å². The molecule has 1 saturated heterocycles. The van der Waals surface area contributed by atoms with E-state index in [-0.39, 0.29) is 12.1 Å². The zero-order valence-corrected chi connectivity index (χ0v) is 5.84. The molecule has 0 aromatic carbocycles. The first-order valence-electron chi connectivity index (χ1n) is 3.58. The number of hydrogen-bond acceptors (Lipinski definition) is 2. The Morgan fingerprint density at radius 2 is 2.27 bits per heavy atom. The lowest BCUT2D eigenvalue weighted by Gasteiger charge is -2.17. The number of aliphatic hydroxyl groups is 1. The number of amides is 1. The van der Waals surface area contributed by atoms with E-state index < -0.39 is 12.2 Å². The van der Waals surface area contributed by atoms with E-state index in [9.17, 15) is 9.90 Å². The zero-order chi connectivity index (χ0) is 8.01. The summed E-state index contributed by atoms with van der Waals surface area (Å²) in [6.45, 7) is 0. The Bertz CT molecular complexity index is 226. The van der Waals surface area contributed by atoms with Crippen molar-refractivity contribution in [1.82, 2.24) is 4.90 Å². The topological polar surface area (TPSA) is 60.8 Å². The minimum atomic E-state index is -0.943. The van der Waals surface area contributed by atoms with E-state index in [0.29, 0.717) is 6.42 Å². The number of nitrogens with zero attached hydrogens (tertiary/aromatic N) is 1. The second kappa shape index (κ2) is 1.98. The number of fused-ring (bicyclic) bond motifs is 2. The fraction of sp³-hybridized carbons (Fsp3) is 0.571. The van der Waals surface area contributed by atoms with Gasteiger partial charge >= 0.3 is 6.09 Å². The van der Waals surface area contributed by atoms with Crippen LogP contribution in [0.25, 0.3) is 0 Å². The minimum Gasteiger partial charge on any atom is -0.465 e. The average Bonchev–Trinajstić information content (AvgIpc) is 2.41. The first-order valence-corrected chi connectivity index (χ1v) is 3.58. The van der Waals surface area contributed by atoms with Crippen LogP contribution in [0.1, 0.15) is 6.42 Å². The van der Waals surface area contributed by atoms with Gasteiger partial charge in [-0.25, -0.2) is 4.79 Å². The van der Waals surface area contributed by atoms with Gasteiger partial charge in [0.05, 0.1) is 18.2 Å². The Balaban J connectivity index is 2.24. The Morgan fingerprint density at radius 3 is 2.55 bits per heavy atom. The quantitative estimate of drug-likeness (QED) is 0.485. The van der Waals surface area contributed by atoms with Crippen LogP contribution in [0.5, 0.6) is 0 Å². The number of aliphatic hydroxyl groups excluding tert-OH is 1. The van der Waals surface area contributed by atoms with Gasteiger partial charge in [0.15, 0.2) is 0 Å². The molecule has 2 bridgehead atoms.